The van der Waals surface area contributed by atoms with E-state index in [4.69, 9.17) is 13.6 Å². The highest BCUT2D eigenvalue weighted by Crippen LogP contribution is 2.23. The number of rotatable bonds is 5. The van der Waals surface area contributed by atoms with Crippen LogP contribution in [0.2, 0.25) is 0 Å². The van der Waals surface area contributed by atoms with Gasteiger partial charge in [-0.15, -0.1) is 22.6 Å². The highest BCUT2D eigenvalue weighted by molar-refractivity contribution is 7.99. The molecule has 2 aromatic heterocycles. The highest BCUT2D eigenvalue weighted by atomic mass is 35.5. The van der Waals surface area contributed by atoms with Gasteiger partial charge in [0, 0.05) is 25.4 Å². The Kier molecular flexibility index (Phi) is 5.90. The van der Waals surface area contributed by atoms with Crippen LogP contribution < -0.4 is 0 Å². The molecular formula is C12H16ClN3O3S. The molecule has 0 atom stereocenters. The lowest BCUT2D eigenvalue weighted by molar-refractivity contribution is 0.0410. The Morgan fingerprint density at radius 3 is 2.85 bits per heavy atom. The second-order valence-electron chi connectivity index (χ2n) is 4.15. The number of aromatic nitrogens is 2. The molecule has 20 heavy (non-hydrogen) atoms. The van der Waals surface area contributed by atoms with Gasteiger partial charge >= 0.3 is 0 Å². The van der Waals surface area contributed by atoms with Crippen LogP contribution in [-0.4, -0.2) is 53.7 Å². The normalized spacial score (nSPS) is 16.0. The van der Waals surface area contributed by atoms with Gasteiger partial charge in [0.25, 0.3) is 11.1 Å². The van der Waals surface area contributed by atoms with E-state index in [-0.39, 0.29) is 12.4 Å². The van der Waals surface area contributed by atoms with E-state index < -0.39 is 0 Å². The Morgan fingerprint density at radius 2 is 2.10 bits per heavy atom. The number of nitrogens with zero attached hydrogens (tertiary/aromatic N) is 3. The fourth-order valence-corrected chi connectivity index (χ4v) is 2.62. The summed E-state index contributed by atoms with van der Waals surface area (Å²) in [6.07, 6.45) is 1.59. The van der Waals surface area contributed by atoms with Gasteiger partial charge in [0.15, 0.2) is 5.76 Å². The summed E-state index contributed by atoms with van der Waals surface area (Å²) in [5, 5.41) is 8.54. The summed E-state index contributed by atoms with van der Waals surface area (Å²) >= 11 is 1.57. The van der Waals surface area contributed by atoms with E-state index >= 15 is 0 Å². The molecule has 1 aliphatic rings. The summed E-state index contributed by atoms with van der Waals surface area (Å²) in [6, 6.07) is 3.60. The van der Waals surface area contributed by atoms with E-state index in [2.05, 4.69) is 15.1 Å². The smallest absolute Gasteiger partial charge is 0.284 e. The average Bonchev–Trinajstić information content (AvgIpc) is 3.10. The maximum atomic E-state index is 5.52. The van der Waals surface area contributed by atoms with Crippen molar-refractivity contribution in [1.29, 1.82) is 0 Å². The minimum atomic E-state index is 0. The molecule has 3 heterocycles. The van der Waals surface area contributed by atoms with Crippen LogP contribution in [0.5, 0.6) is 0 Å². The van der Waals surface area contributed by atoms with Crippen molar-refractivity contribution < 1.29 is 13.6 Å². The minimum Gasteiger partial charge on any atom is -0.459 e. The number of ether oxygens (including phenoxy) is 1. The van der Waals surface area contributed by atoms with Crippen LogP contribution in [0, 0.1) is 0 Å². The Hall–Kier alpha value is -1.02. The van der Waals surface area contributed by atoms with Gasteiger partial charge < -0.3 is 13.6 Å². The Bertz CT molecular complexity index is 500. The first-order valence-corrected chi connectivity index (χ1v) is 7.21. The van der Waals surface area contributed by atoms with E-state index in [1.54, 1.807) is 30.2 Å². The molecule has 3 rings (SSSR count). The van der Waals surface area contributed by atoms with Crippen LogP contribution in [-0.2, 0) is 4.74 Å². The maximum absolute atomic E-state index is 5.52. The number of hydrogen-bond donors (Lipinski definition) is 0. The van der Waals surface area contributed by atoms with Gasteiger partial charge in [-0.3, -0.25) is 4.90 Å². The van der Waals surface area contributed by atoms with Crippen LogP contribution >= 0.6 is 24.2 Å². The lowest BCUT2D eigenvalue weighted by atomic mass is 10.4. The zero-order chi connectivity index (χ0) is 12.9. The number of halogens is 1. The molecule has 1 fully saturated rings. The molecule has 0 aromatic carbocycles. The van der Waals surface area contributed by atoms with Crippen molar-refractivity contribution in [1.82, 2.24) is 15.1 Å². The largest absolute Gasteiger partial charge is 0.459 e. The molecule has 0 unspecified atom stereocenters. The van der Waals surface area contributed by atoms with Crippen molar-refractivity contribution in [3.8, 4) is 11.7 Å². The van der Waals surface area contributed by atoms with Gasteiger partial charge in [0.05, 0.1) is 19.5 Å². The number of morpholine rings is 1. The molecule has 0 amide bonds. The van der Waals surface area contributed by atoms with Gasteiger partial charge in [0.1, 0.15) is 0 Å². The molecule has 0 radical (unpaired) electrons. The first-order chi connectivity index (χ1) is 9.42. The lowest BCUT2D eigenvalue weighted by Gasteiger charge is -2.25. The van der Waals surface area contributed by atoms with E-state index in [0.717, 1.165) is 38.6 Å². The molecule has 0 bridgehead atoms. The Balaban J connectivity index is 0.00000147. The summed E-state index contributed by atoms with van der Waals surface area (Å²) in [5.41, 5.74) is 0. The second kappa shape index (κ2) is 7.68. The van der Waals surface area contributed by atoms with Gasteiger partial charge in [-0.2, -0.15) is 0 Å². The standard InChI is InChI=1S/C12H15N3O3S.ClH/c1-2-10(17-6-1)11-13-14-12(18-11)19-9-5-15-3-7-16-8-4-15;/h1-2,6H,3-5,7-9H2;1H. The molecule has 0 saturated carbocycles. The third-order valence-electron chi connectivity index (χ3n) is 2.88. The van der Waals surface area contributed by atoms with Crippen molar-refractivity contribution >= 4 is 24.2 Å². The topological polar surface area (TPSA) is 64.5 Å². The van der Waals surface area contributed by atoms with Crippen molar-refractivity contribution in [2.45, 2.75) is 5.22 Å². The quantitative estimate of drug-likeness (QED) is 0.783. The summed E-state index contributed by atoms with van der Waals surface area (Å²) in [7, 11) is 0. The van der Waals surface area contributed by atoms with Crippen LogP contribution in [0.25, 0.3) is 11.7 Å². The third kappa shape index (κ3) is 3.99. The van der Waals surface area contributed by atoms with Gasteiger partial charge in [-0.1, -0.05) is 11.8 Å². The summed E-state index contributed by atoms with van der Waals surface area (Å²) in [5.74, 6) is 1.96. The number of furan rings is 1. The maximum Gasteiger partial charge on any atom is 0.284 e. The highest BCUT2D eigenvalue weighted by Gasteiger charge is 2.13. The summed E-state index contributed by atoms with van der Waals surface area (Å²) in [4.78, 5) is 2.38. The fourth-order valence-electron chi connectivity index (χ4n) is 1.85. The molecular weight excluding hydrogens is 302 g/mol. The second-order valence-corrected chi connectivity index (χ2v) is 5.20. The van der Waals surface area contributed by atoms with E-state index in [1.807, 2.05) is 0 Å². The number of hydrogen-bond acceptors (Lipinski definition) is 7. The minimum absolute atomic E-state index is 0. The summed E-state index contributed by atoms with van der Waals surface area (Å²) in [6.45, 7) is 4.66. The van der Waals surface area contributed by atoms with E-state index in [0.29, 0.717) is 16.9 Å². The van der Waals surface area contributed by atoms with Crippen LogP contribution in [0.15, 0.2) is 32.5 Å². The summed E-state index contributed by atoms with van der Waals surface area (Å²) < 4.78 is 16.0. The predicted molar refractivity (Wildman–Crippen MR) is 77.2 cm³/mol. The predicted octanol–water partition coefficient (Wildman–Crippen LogP) is 2.18. The van der Waals surface area contributed by atoms with Crippen molar-refractivity contribution in [3.05, 3.63) is 18.4 Å². The zero-order valence-electron chi connectivity index (χ0n) is 10.9. The van der Waals surface area contributed by atoms with Crippen molar-refractivity contribution in [2.75, 3.05) is 38.6 Å². The molecule has 0 aliphatic carbocycles. The Morgan fingerprint density at radius 1 is 1.25 bits per heavy atom. The SMILES string of the molecule is Cl.c1coc(-c2nnc(SCCN3CCOCC3)o2)c1. The van der Waals surface area contributed by atoms with Gasteiger partial charge in [-0.05, 0) is 12.1 Å². The molecule has 1 saturated heterocycles. The average molecular weight is 318 g/mol. The lowest BCUT2D eigenvalue weighted by Crippen LogP contribution is -2.37. The van der Waals surface area contributed by atoms with E-state index in [1.165, 1.54) is 0 Å². The van der Waals surface area contributed by atoms with Crippen LogP contribution in [0.3, 0.4) is 0 Å². The monoisotopic (exact) mass is 317 g/mol. The molecule has 110 valence electrons. The first kappa shape index (κ1) is 15.4. The third-order valence-corrected chi connectivity index (χ3v) is 3.67. The molecule has 2 aromatic rings. The molecule has 6 nitrogen and oxygen atoms in total. The van der Waals surface area contributed by atoms with E-state index in [9.17, 15) is 0 Å². The van der Waals surface area contributed by atoms with Crippen LogP contribution in [0.1, 0.15) is 0 Å². The zero-order valence-corrected chi connectivity index (χ0v) is 12.5. The van der Waals surface area contributed by atoms with Crippen molar-refractivity contribution in [3.63, 3.8) is 0 Å². The van der Waals surface area contributed by atoms with Gasteiger partial charge in [0.2, 0.25) is 0 Å². The fraction of sp³-hybridized carbons (Fsp3) is 0.500. The molecule has 1 aliphatic heterocycles. The molecule has 0 spiro atoms. The Labute approximate surface area is 127 Å². The van der Waals surface area contributed by atoms with Crippen molar-refractivity contribution in [2.24, 2.45) is 0 Å². The first-order valence-electron chi connectivity index (χ1n) is 6.22. The van der Waals surface area contributed by atoms with Gasteiger partial charge in [-0.25, -0.2) is 0 Å². The molecule has 8 heteroatoms. The number of thioether (sulfide) groups is 1. The van der Waals surface area contributed by atoms with Crippen LogP contribution in [0.4, 0.5) is 0 Å². The molecule has 0 N–H and O–H groups in total.